The van der Waals surface area contributed by atoms with E-state index < -0.39 is 0 Å². The maximum absolute atomic E-state index is 13.2. The van der Waals surface area contributed by atoms with Gasteiger partial charge in [0.05, 0.1) is 5.69 Å². The van der Waals surface area contributed by atoms with Gasteiger partial charge in [-0.1, -0.05) is 26.8 Å². The van der Waals surface area contributed by atoms with Crippen LogP contribution >= 0.6 is 0 Å². The van der Waals surface area contributed by atoms with Gasteiger partial charge in [-0.15, -0.1) is 0 Å². The van der Waals surface area contributed by atoms with Gasteiger partial charge in [0, 0.05) is 29.8 Å². The molecule has 2 aliphatic carbocycles. The fourth-order valence-corrected chi connectivity index (χ4v) is 3.51. The maximum Gasteiger partial charge on any atom is 0.323 e. The standard InChI is InChI=1S/C21H29N5O/c1-14(15-8-9-15)25(16-10-11-16)20(27)23-19-13-17(21(2,3)4)24-26(19)18-7-5-6-12-22-18/h5-7,12-16H,8-11H2,1-4H3,(H,23,27). The van der Waals surface area contributed by atoms with Crippen LogP contribution in [0.3, 0.4) is 0 Å². The van der Waals surface area contributed by atoms with Crippen molar-refractivity contribution >= 4 is 11.8 Å². The fourth-order valence-electron chi connectivity index (χ4n) is 3.51. The Bertz CT molecular complexity index is 815. The number of pyridine rings is 1. The van der Waals surface area contributed by atoms with Crippen LogP contribution in [0.4, 0.5) is 10.6 Å². The summed E-state index contributed by atoms with van der Waals surface area (Å²) in [5, 5.41) is 7.87. The third kappa shape index (κ3) is 3.84. The average Bonchev–Trinajstić information content (AvgIpc) is 3.53. The summed E-state index contributed by atoms with van der Waals surface area (Å²) in [5.74, 6) is 2.04. The molecule has 2 aromatic rings. The molecule has 1 unspecified atom stereocenters. The van der Waals surface area contributed by atoms with Crippen LogP contribution in [0.25, 0.3) is 5.82 Å². The lowest BCUT2D eigenvalue weighted by atomic mass is 9.92. The highest BCUT2D eigenvalue weighted by atomic mass is 16.2. The Morgan fingerprint density at radius 3 is 2.56 bits per heavy atom. The molecule has 27 heavy (non-hydrogen) atoms. The van der Waals surface area contributed by atoms with Gasteiger partial charge in [-0.25, -0.2) is 9.78 Å². The molecule has 2 saturated carbocycles. The second-order valence-electron chi connectivity index (χ2n) is 8.91. The predicted molar refractivity (Wildman–Crippen MR) is 106 cm³/mol. The maximum atomic E-state index is 13.2. The van der Waals surface area contributed by atoms with Gasteiger partial charge in [-0.2, -0.15) is 9.78 Å². The zero-order valence-corrected chi connectivity index (χ0v) is 16.6. The summed E-state index contributed by atoms with van der Waals surface area (Å²) in [6.45, 7) is 8.55. The van der Waals surface area contributed by atoms with E-state index in [4.69, 9.17) is 5.10 Å². The lowest BCUT2D eigenvalue weighted by molar-refractivity contribution is 0.180. The monoisotopic (exact) mass is 367 g/mol. The van der Waals surface area contributed by atoms with Gasteiger partial charge in [-0.05, 0) is 50.7 Å². The molecule has 6 nitrogen and oxygen atoms in total. The van der Waals surface area contributed by atoms with Crippen LogP contribution in [0.15, 0.2) is 30.5 Å². The van der Waals surface area contributed by atoms with Gasteiger partial charge in [0.2, 0.25) is 0 Å². The number of urea groups is 1. The smallest absolute Gasteiger partial charge is 0.319 e. The Labute approximate surface area is 161 Å². The molecule has 2 aliphatic rings. The molecule has 6 heteroatoms. The lowest BCUT2D eigenvalue weighted by Crippen LogP contribution is -2.44. The van der Waals surface area contributed by atoms with Gasteiger partial charge in [0.25, 0.3) is 0 Å². The summed E-state index contributed by atoms with van der Waals surface area (Å²) in [4.78, 5) is 19.6. The van der Waals surface area contributed by atoms with Gasteiger partial charge < -0.3 is 4.90 Å². The van der Waals surface area contributed by atoms with E-state index in [1.807, 2.05) is 24.3 Å². The number of hydrogen-bond donors (Lipinski definition) is 1. The highest BCUT2D eigenvalue weighted by molar-refractivity contribution is 5.89. The molecule has 1 N–H and O–H groups in total. The number of amides is 2. The van der Waals surface area contributed by atoms with Crippen molar-refractivity contribution in [1.29, 1.82) is 0 Å². The van der Waals surface area contributed by atoms with Crippen molar-refractivity contribution in [1.82, 2.24) is 19.7 Å². The van der Waals surface area contributed by atoms with E-state index in [-0.39, 0.29) is 11.4 Å². The molecule has 0 spiro atoms. The molecule has 2 fully saturated rings. The van der Waals surface area contributed by atoms with Crippen LogP contribution < -0.4 is 5.32 Å². The van der Waals surface area contributed by atoms with Crippen molar-refractivity contribution in [3.63, 3.8) is 0 Å². The molecule has 0 saturated heterocycles. The lowest BCUT2D eigenvalue weighted by Gasteiger charge is -2.29. The van der Waals surface area contributed by atoms with Crippen LogP contribution in [-0.4, -0.2) is 37.8 Å². The molecule has 1 atom stereocenters. The summed E-state index contributed by atoms with van der Waals surface area (Å²) in [6.07, 6.45) is 6.43. The number of anilines is 1. The summed E-state index contributed by atoms with van der Waals surface area (Å²) in [6, 6.07) is 8.34. The molecular weight excluding hydrogens is 338 g/mol. The first-order valence-electron chi connectivity index (χ1n) is 9.96. The highest BCUT2D eigenvalue weighted by Crippen LogP contribution is 2.40. The van der Waals surface area contributed by atoms with E-state index in [0.717, 1.165) is 18.5 Å². The largest absolute Gasteiger partial charge is 0.323 e. The van der Waals surface area contributed by atoms with Gasteiger partial charge in [-0.3, -0.25) is 5.32 Å². The molecule has 0 radical (unpaired) electrons. The van der Waals surface area contributed by atoms with Crippen LogP contribution in [0.2, 0.25) is 0 Å². The quantitative estimate of drug-likeness (QED) is 0.854. The second-order valence-corrected chi connectivity index (χ2v) is 8.91. The predicted octanol–water partition coefficient (Wildman–Crippen LogP) is 4.36. The number of aromatic nitrogens is 3. The molecule has 4 rings (SSSR count). The Kier molecular flexibility index (Phi) is 4.44. The minimum atomic E-state index is -0.114. The first-order chi connectivity index (χ1) is 12.8. The number of carbonyl (C=O) groups is 1. The topological polar surface area (TPSA) is 63.1 Å². The molecule has 2 heterocycles. The third-order valence-corrected chi connectivity index (χ3v) is 5.50. The van der Waals surface area contributed by atoms with E-state index in [2.05, 4.69) is 42.9 Å². The Morgan fingerprint density at radius 2 is 2.00 bits per heavy atom. The van der Waals surface area contributed by atoms with Crippen molar-refractivity contribution in [2.24, 2.45) is 5.92 Å². The van der Waals surface area contributed by atoms with Crippen LogP contribution in [0, 0.1) is 5.92 Å². The van der Waals surface area contributed by atoms with Crippen molar-refractivity contribution in [2.45, 2.75) is 70.9 Å². The first-order valence-corrected chi connectivity index (χ1v) is 9.96. The van der Waals surface area contributed by atoms with Gasteiger partial charge in [0.15, 0.2) is 5.82 Å². The normalized spacial score (nSPS) is 18.2. The molecule has 0 aromatic carbocycles. The SMILES string of the molecule is CC(C1CC1)N(C(=O)Nc1cc(C(C)(C)C)nn1-c1ccccn1)C1CC1. The number of hydrogen-bond acceptors (Lipinski definition) is 3. The number of rotatable bonds is 5. The van der Waals surface area contributed by atoms with Crippen molar-refractivity contribution < 1.29 is 4.79 Å². The van der Waals surface area contributed by atoms with Crippen molar-refractivity contribution in [2.75, 3.05) is 5.32 Å². The Hall–Kier alpha value is -2.37. The summed E-state index contributed by atoms with van der Waals surface area (Å²) >= 11 is 0. The van der Waals surface area contributed by atoms with Gasteiger partial charge >= 0.3 is 6.03 Å². The summed E-state index contributed by atoms with van der Waals surface area (Å²) in [7, 11) is 0. The summed E-state index contributed by atoms with van der Waals surface area (Å²) < 4.78 is 1.74. The first kappa shape index (κ1) is 18.0. The zero-order chi connectivity index (χ0) is 19.2. The van der Waals surface area contributed by atoms with E-state index in [1.165, 1.54) is 12.8 Å². The van der Waals surface area contributed by atoms with Crippen LogP contribution in [0.1, 0.15) is 59.1 Å². The molecule has 0 bridgehead atoms. The Balaban J connectivity index is 1.63. The third-order valence-electron chi connectivity index (χ3n) is 5.50. The average molecular weight is 367 g/mol. The molecule has 0 aliphatic heterocycles. The number of nitrogens with one attached hydrogen (secondary N) is 1. The summed E-state index contributed by atoms with van der Waals surface area (Å²) in [5.41, 5.74) is 0.813. The second kappa shape index (κ2) is 6.66. The minimum Gasteiger partial charge on any atom is -0.319 e. The van der Waals surface area contributed by atoms with E-state index in [1.54, 1.807) is 10.9 Å². The van der Waals surface area contributed by atoms with E-state index in [9.17, 15) is 4.79 Å². The Morgan fingerprint density at radius 1 is 1.26 bits per heavy atom. The van der Waals surface area contributed by atoms with Crippen LogP contribution in [-0.2, 0) is 5.41 Å². The minimum absolute atomic E-state index is 0.0190. The van der Waals surface area contributed by atoms with Gasteiger partial charge in [0.1, 0.15) is 5.82 Å². The highest BCUT2D eigenvalue weighted by Gasteiger charge is 2.42. The van der Waals surface area contributed by atoms with Crippen LogP contribution in [0.5, 0.6) is 0 Å². The van der Waals surface area contributed by atoms with Crippen molar-refractivity contribution in [3.8, 4) is 5.82 Å². The fraction of sp³-hybridized carbons (Fsp3) is 0.571. The molecule has 2 aromatic heterocycles. The number of carbonyl (C=O) groups excluding carboxylic acids is 1. The van der Waals surface area contributed by atoms with E-state index in [0.29, 0.717) is 29.6 Å². The molecule has 2 amide bonds. The van der Waals surface area contributed by atoms with Crippen molar-refractivity contribution in [3.05, 3.63) is 36.2 Å². The molecule has 144 valence electrons. The zero-order valence-electron chi connectivity index (χ0n) is 16.6. The van der Waals surface area contributed by atoms with E-state index >= 15 is 0 Å². The number of nitrogens with zero attached hydrogens (tertiary/aromatic N) is 4. The molecular formula is C21H29N5O.